The van der Waals surface area contributed by atoms with Crippen LogP contribution < -0.4 is 0 Å². The lowest BCUT2D eigenvalue weighted by Gasteiger charge is -2.27. The van der Waals surface area contributed by atoms with Gasteiger partial charge in [-0.25, -0.2) is 0 Å². The Labute approximate surface area is 104 Å². The zero-order valence-electron chi connectivity index (χ0n) is 10.3. The van der Waals surface area contributed by atoms with Crippen LogP contribution in [0.15, 0.2) is 18.2 Å². The van der Waals surface area contributed by atoms with Gasteiger partial charge >= 0.3 is 0 Å². The van der Waals surface area contributed by atoms with Crippen LogP contribution in [-0.2, 0) is 0 Å². The first kappa shape index (κ1) is 12.0. The summed E-state index contributed by atoms with van der Waals surface area (Å²) in [4.78, 5) is 0. The molecule has 1 aliphatic carbocycles. The maximum absolute atomic E-state index is 6.66. The van der Waals surface area contributed by atoms with Crippen molar-refractivity contribution >= 4 is 11.6 Å². The maximum atomic E-state index is 6.66. The number of halogens is 1. The maximum Gasteiger partial charge on any atom is 0.0616 e. The summed E-state index contributed by atoms with van der Waals surface area (Å²) < 4.78 is 0. The van der Waals surface area contributed by atoms with Gasteiger partial charge in [-0.2, -0.15) is 0 Å². The molecule has 0 bridgehead atoms. The largest absolute Gasteiger partial charge is 0.118 e. The molecule has 0 spiro atoms. The molecule has 0 aromatic heterocycles. The van der Waals surface area contributed by atoms with E-state index >= 15 is 0 Å². The summed E-state index contributed by atoms with van der Waals surface area (Å²) in [7, 11) is 0. The minimum absolute atomic E-state index is 0.222. The first-order valence-electron chi connectivity index (χ1n) is 6.39. The van der Waals surface area contributed by atoms with Gasteiger partial charge in [0.15, 0.2) is 0 Å². The zero-order valence-corrected chi connectivity index (χ0v) is 11.1. The highest BCUT2D eigenvalue weighted by Crippen LogP contribution is 2.39. The van der Waals surface area contributed by atoms with E-state index in [2.05, 4.69) is 32.0 Å². The Morgan fingerprint density at radius 3 is 2.50 bits per heavy atom. The van der Waals surface area contributed by atoms with Crippen LogP contribution in [0.25, 0.3) is 0 Å². The highest BCUT2D eigenvalue weighted by atomic mass is 35.5. The third kappa shape index (κ3) is 2.60. The molecule has 1 aliphatic rings. The molecule has 0 heterocycles. The van der Waals surface area contributed by atoms with E-state index in [9.17, 15) is 0 Å². The van der Waals surface area contributed by atoms with Crippen LogP contribution >= 0.6 is 11.6 Å². The SMILES string of the molecule is Cc1ccc(C)c(C(Cl)C2CCCCC2)c1. The van der Waals surface area contributed by atoms with Crippen molar-refractivity contribution in [2.45, 2.75) is 51.3 Å². The molecule has 1 atom stereocenters. The Hall–Kier alpha value is -0.490. The van der Waals surface area contributed by atoms with Crippen molar-refractivity contribution in [3.63, 3.8) is 0 Å². The van der Waals surface area contributed by atoms with E-state index in [1.54, 1.807) is 0 Å². The number of alkyl halides is 1. The Morgan fingerprint density at radius 2 is 1.81 bits per heavy atom. The van der Waals surface area contributed by atoms with Crippen molar-refractivity contribution < 1.29 is 0 Å². The van der Waals surface area contributed by atoms with E-state index in [0.717, 1.165) is 0 Å². The number of hydrogen-bond acceptors (Lipinski definition) is 0. The van der Waals surface area contributed by atoms with E-state index in [-0.39, 0.29) is 5.38 Å². The predicted molar refractivity (Wildman–Crippen MR) is 71.1 cm³/mol. The van der Waals surface area contributed by atoms with Crippen LogP contribution in [0.4, 0.5) is 0 Å². The third-order valence-electron chi connectivity index (χ3n) is 3.80. The molecule has 0 radical (unpaired) electrons. The lowest BCUT2D eigenvalue weighted by molar-refractivity contribution is 0.348. The predicted octanol–water partition coefficient (Wildman–Crippen LogP) is 5.16. The number of rotatable bonds is 2. The smallest absolute Gasteiger partial charge is 0.0616 e. The summed E-state index contributed by atoms with van der Waals surface area (Å²) in [6, 6.07) is 6.63. The van der Waals surface area contributed by atoms with Crippen LogP contribution in [-0.4, -0.2) is 0 Å². The van der Waals surface area contributed by atoms with Gasteiger partial charge in [-0.3, -0.25) is 0 Å². The van der Waals surface area contributed by atoms with Gasteiger partial charge in [0.2, 0.25) is 0 Å². The summed E-state index contributed by atoms with van der Waals surface area (Å²) in [5.74, 6) is 0.691. The number of hydrogen-bond donors (Lipinski definition) is 0. The highest BCUT2D eigenvalue weighted by Gasteiger charge is 2.24. The minimum Gasteiger partial charge on any atom is -0.118 e. The minimum atomic E-state index is 0.222. The molecule has 88 valence electrons. The molecular formula is C15H21Cl. The van der Waals surface area contributed by atoms with Crippen LogP contribution in [0.1, 0.15) is 54.2 Å². The van der Waals surface area contributed by atoms with Crippen molar-refractivity contribution in [3.8, 4) is 0 Å². The van der Waals surface area contributed by atoms with E-state index in [1.807, 2.05) is 0 Å². The van der Waals surface area contributed by atoms with Gasteiger partial charge in [0.05, 0.1) is 5.38 Å². The number of benzene rings is 1. The summed E-state index contributed by atoms with van der Waals surface area (Å²) in [6.45, 7) is 4.32. The summed E-state index contributed by atoms with van der Waals surface area (Å²) in [5, 5.41) is 0.222. The first-order valence-corrected chi connectivity index (χ1v) is 6.83. The zero-order chi connectivity index (χ0) is 11.5. The summed E-state index contributed by atoms with van der Waals surface area (Å²) in [6.07, 6.45) is 6.73. The summed E-state index contributed by atoms with van der Waals surface area (Å²) >= 11 is 6.66. The molecule has 0 saturated heterocycles. The fourth-order valence-corrected chi connectivity index (χ4v) is 3.22. The quantitative estimate of drug-likeness (QED) is 0.622. The second-order valence-electron chi connectivity index (χ2n) is 5.16. The van der Waals surface area contributed by atoms with Crippen molar-refractivity contribution in [3.05, 3.63) is 34.9 Å². The van der Waals surface area contributed by atoms with E-state index in [1.165, 1.54) is 48.8 Å². The normalized spacial score (nSPS) is 19.7. The van der Waals surface area contributed by atoms with Crippen LogP contribution in [0.3, 0.4) is 0 Å². The standard InChI is InChI=1S/C15H21Cl/c1-11-8-9-12(2)14(10-11)15(16)13-6-4-3-5-7-13/h8-10,13,15H,3-7H2,1-2H3. The molecular weight excluding hydrogens is 216 g/mol. The molecule has 1 unspecified atom stereocenters. The van der Waals surface area contributed by atoms with Crippen LogP contribution in [0.2, 0.25) is 0 Å². The molecule has 0 nitrogen and oxygen atoms in total. The molecule has 2 rings (SSSR count). The number of aryl methyl sites for hydroxylation is 2. The van der Waals surface area contributed by atoms with Gasteiger partial charge in [-0.15, -0.1) is 11.6 Å². The molecule has 0 N–H and O–H groups in total. The van der Waals surface area contributed by atoms with Crippen molar-refractivity contribution in [2.75, 3.05) is 0 Å². The summed E-state index contributed by atoms with van der Waals surface area (Å²) in [5.41, 5.74) is 4.02. The van der Waals surface area contributed by atoms with Crippen molar-refractivity contribution in [1.29, 1.82) is 0 Å². The fourth-order valence-electron chi connectivity index (χ4n) is 2.74. The van der Waals surface area contributed by atoms with Gasteiger partial charge in [-0.05, 0) is 43.7 Å². The second kappa shape index (κ2) is 5.23. The second-order valence-corrected chi connectivity index (χ2v) is 5.63. The average Bonchev–Trinajstić information content (AvgIpc) is 2.32. The Kier molecular flexibility index (Phi) is 3.91. The van der Waals surface area contributed by atoms with Crippen LogP contribution in [0.5, 0.6) is 0 Å². The molecule has 16 heavy (non-hydrogen) atoms. The Morgan fingerprint density at radius 1 is 1.12 bits per heavy atom. The van der Waals surface area contributed by atoms with Gasteiger partial charge in [-0.1, -0.05) is 43.0 Å². The first-order chi connectivity index (χ1) is 7.68. The third-order valence-corrected chi connectivity index (χ3v) is 4.39. The molecule has 1 aromatic rings. The highest BCUT2D eigenvalue weighted by molar-refractivity contribution is 6.21. The van der Waals surface area contributed by atoms with Crippen molar-refractivity contribution in [2.24, 2.45) is 5.92 Å². The van der Waals surface area contributed by atoms with E-state index in [0.29, 0.717) is 5.92 Å². The average molecular weight is 237 g/mol. The van der Waals surface area contributed by atoms with Crippen LogP contribution in [0, 0.1) is 19.8 Å². The molecule has 0 aliphatic heterocycles. The van der Waals surface area contributed by atoms with E-state index in [4.69, 9.17) is 11.6 Å². The van der Waals surface area contributed by atoms with Gasteiger partial charge in [0, 0.05) is 0 Å². The topological polar surface area (TPSA) is 0 Å². The van der Waals surface area contributed by atoms with Gasteiger partial charge in [0.25, 0.3) is 0 Å². The molecule has 1 fully saturated rings. The van der Waals surface area contributed by atoms with Gasteiger partial charge in [0.1, 0.15) is 0 Å². The fraction of sp³-hybridized carbons (Fsp3) is 0.600. The lowest BCUT2D eigenvalue weighted by Crippen LogP contribution is -2.13. The monoisotopic (exact) mass is 236 g/mol. The molecule has 1 saturated carbocycles. The Bertz CT molecular complexity index is 350. The molecule has 0 amide bonds. The molecule has 1 heteroatoms. The van der Waals surface area contributed by atoms with E-state index < -0.39 is 0 Å². The lowest BCUT2D eigenvalue weighted by atomic mass is 9.83. The molecule has 1 aromatic carbocycles. The van der Waals surface area contributed by atoms with Gasteiger partial charge < -0.3 is 0 Å². The Balaban J connectivity index is 2.18. The van der Waals surface area contributed by atoms with Crippen molar-refractivity contribution in [1.82, 2.24) is 0 Å².